The maximum Gasteiger partial charge on any atom is 0.247 e. The van der Waals surface area contributed by atoms with Crippen molar-refractivity contribution in [3.05, 3.63) is 42.0 Å². The van der Waals surface area contributed by atoms with Crippen molar-refractivity contribution in [3.8, 4) is 23.0 Å². The summed E-state index contributed by atoms with van der Waals surface area (Å²) in [7, 11) is 3.15. The molecule has 2 N–H and O–H groups in total. The zero-order valence-electron chi connectivity index (χ0n) is 13.9. The summed E-state index contributed by atoms with van der Waals surface area (Å²) in [5.41, 5.74) is 7.68. The van der Waals surface area contributed by atoms with Gasteiger partial charge in [0.05, 0.1) is 20.3 Å². The lowest BCUT2D eigenvalue weighted by atomic mass is 9.88. The summed E-state index contributed by atoms with van der Waals surface area (Å²) in [5.74, 6) is 2.37. The lowest BCUT2D eigenvalue weighted by Gasteiger charge is -2.45. The molecule has 0 unspecified atom stereocenters. The number of nitrogens with two attached hydrogens (primary N) is 1. The van der Waals surface area contributed by atoms with Crippen LogP contribution in [0.15, 0.2) is 36.4 Å². The second-order valence-electron chi connectivity index (χ2n) is 5.83. The number of carbonyl (C=O) groups is 1. The molecule has 2 heterocycles. The zero-order chi connectivity index (χ0) is 17.6. The van der Waals surface area contributed by atoms with Gasteiger partial charge in [-0.25, -0.2) is 0 Å². The van der Waals surface area contributed by atoms with Gasteiger partial charge in [0, 0.05) is 11.8 Å². The van der Waals surface area contributed by atoms with E-state index in [2.05, 4.69) is 0 Å². The van der Waals surface area contributed by atoms with Crippen LogP contribution >= 0.6 is 0 Å². The molecule has 1 fully saturated rings. The Morgan fingerprint density at radius 1 is 1.04 bits per heavy atom. The first kappa shape index (κ1) is 15.6. The van der Waals surface area contributed by atoms with Crippen LogP contribution < -0.4 is 29.6 Å². The number of fused-ring (bicyclic) bond motifs is 1. The number of benzene rings is 2. The molecule has 2 aromatic rings. The fourth-order valence-electron chi connectivity index (χ4n) is 3.23. The van der Waals surface area contributed by atoms with E-state index in [1.54, 1.807) is 31.3 Å². The van der Waals surface area contributed by atoms with Gasteiger partial charge in [-0.15, -0.1) is 0 Å². The van der Waals surface area contributed by atoms with Gasteiger partial charge in [0.1, 0.15) is 6.04 Å². The maximum atomic E-state index is 12.4. The molecule has 1 amide bonds. The molecule has 2 aliphatic heterocycles. The SMILES string of the molecule is COc1ccc([C@H]2[C@@H](N)C(=O)N2c2ccc3c(c2)OCO3)cc1OC. The minimum Gasteiger partial charge on any atom is -0.493 e. The van der Waals surface area contributed by atoms with Gasteiger partial charge in [0.25, 0.3) is 0 Å². The van der Waals surface area contributed by atoms with Gasteiger partial charge in [-0.05, 0) is 29.8 Å². The van der Waals surface area contributed by atoms with Crippen molar-refractivity contribution in [3.63, 3.8) is 0 Å². The normalized spacial score (nSPS) is 21.1. The van der Waals surface area contributed by atoms with Crippen molar-refractivity contribution < 1.29 is 23.7 Å². The van der Waals surface area contributed by atoms with E-state index in [0.29, 0.717) is 23.0 Å². The fourth-order valence-corrected chi connectivity index (χ4v) is 3.23. The van der Waals surface area contributed by atoms with Crippen molar-refractivity contribution in [1.29, 1.82) is 0 Å². The quantitative estimate of drug-likeness (QED) is 0.854. The molecule has 7 nitrogen and oxygen atoms in total. The van der Waals surface area contributed by atoms with Crippen LogP contribution in [0.5, 0.6) is 23.0 Å². The van der Waals surface area contributed by atoms with Crippen molar-refractivity contribution in [1.82, 2.24) is 0 Å². The topological polar surface area (TPSA) is 83.3 Å². The number of rotatable bonds is 4. The minimum atomic E-state index is -0.608. The summed E-state index contributed by atoms with van der Waals surface area (Å²) in [6, 6.07) is 10.1. The number of nitrogens with zero attached hydrogens (tertiary/aromatic N) is 1. The summed E-state index contributed by atoms with van der Waals surface area (Å²) in [6.07, 6.45) is 0. The molecule has 0 aromatic heterocycles. The summed E-state index contributed by atoms with van der Waals surface area (Å²) < 4.78 is 21.3. The van der Waals surface area contributed by atoms with E-state index < -0.39 is 6.04 Å². The number of methoxy groups -OCH3 is 2. The highest BCUT2D eigenvalue weighted by molar-refractivity contribution is 6.05. The molecule has 4 rings (SSSR count). The molecular formula is C18H18N2O5. The summed E-state index contributed by atoms with van der Waals surface area (Å²) in [6.45, 7) is 0.186. The van der Waals surface area contributed by atoms with Crippen LogP contribution in [0.3, 0.4) is 0 Å². The predicted octanol–water partition coefficient (Wildman–Crippen LogP) is 1.85. The van der Waals surface area contributed by atoms with Gasteiger partial charge < -0.3 is 29.6 Å². The molecule has 7 heteroatoms. The van der Waals surface area contributed by atoms with Gasteiger partial charge in [0.15, 0.2) is 23.0 Å². The van der Waals surface area contributed by atoms with Crippen LogP contribution in [0.1, 0.15) is 11.6 Å². The third-order valence-corrected chi connectivity index (χ3v) is 4.52. The van der Waals surface area contributed by atoms with E-state index in [-0.39, 0.29) is 18.7 Å². The minimum absolute atomic E-state index is 0.140. The number of ether oxygens (including phenoxy) is 4. The first-order chi connectivity index (χ1) is 12.1. The number of hydrogen-bond donors (Lipinski definition) is 1. The summed E-state index contributed by atoms with van der Waals surface area (Å²) >= 11 is 0. The van der Waals surface area contributed by atoms with Gasteiger partial charge >= 0.3 is 0 Å². The standard InChI is InChI=1S/C18H18N2O5/c1-22-12-5-3-10(7-14(12)23-2)17-16(19)18(21)20(17)11-4-6-13-15(8-11)25-9-24-13/h3-8,16-17H,9,19H2,1-2H3/t16-,17+/m1/s1. The molecule has 25 heavy (non-hydrogen) atoms. The van der Waals surface area contributed by atoms with Crippen molar-refractivity contribution >= 4 is 11.6 Å². The summed E-state index contributed by atoms with van der Waals surface area (Å²) in [5, 5.41) is 0. The molecule has 2 atom stereocenters. The van der Waals surface area contributed by atoms with E-state index in [9.17, 15) is 4.79 Å². The van der Waals surface area contributed by atoms with Crippen LogP contribution in [0.25, 0.3) is 0 Å². The average molecular weight is 342 g/mol. The fraction of sp³-hybridized carbons (Fsp3) is 0.278. The Hall–Kier alpha value is -2.93. The Morgan fingerprint density at radius 3 is 2.56 bits per heavy atom. The Labute approximate surface area is 144 Å². The van der Waals surface area contributed by atoms with Gasteiger partial charge in [-0.3, -0.25) is 4.79 Å². The Kier molecular flexibility index (Phi) is 3.65. The van der Waals surface area contributed by atoms with Crippen LogP contribution in [-0.2, 0) is 4.79 Å². The lowest BCUT2D eigenvalue weighted by Crippen LogP contribution is -2.63. The van der Waals surface area contributed by atoms with E-state index >= 15 is 0 Å². The van der Waals surface area contributed by atoms with Gasteiger partial charge in [-0.1, -0.05) is 6.07 Å². The molecule has 0 saturated carbocycles. The maximum absolute atomic E-state index is 12.4. The largest absolute Gasteiger partial charge is 0.493 e. The van der Waals surface area contributed by atoms with Crippen LogP contribution in [-0.4, -0.2) is 33.0 Å². The number of carbonyl (C=O) groups excluding carboxylic acids is 1. The lowest BCUT2D eigenvalue weighted by molar-refractivity contribution is -0.126. The van der Waals surface area contributed by atoms with E-state index in [1.165, 1.54) is 0 Å². The van der Waals surface area contributed by atoms with E-state index in [4.69, 9.17) is 24.7 Å². The van der Waals surface area contributed by atoms with Crippen molar-refractivity contribution in [2.45, 2.75) is 12.1 Å². The molecule has 0 spiro atoms. The number of amides is 1. The molecule has 2 aliphatic rings. The van der Waals surface area contributed by atoms with E-state index in [1.807, 2.05) is 24.3 Å². The average Bonchev–Trinajstić information content (AvgIpc) is 3.12. The third-order valence-electron chi connectivity index (χ3n) is 4.52. The first-order valence-corrected chi connectivity index (χ1v) is 7.84. The molecule has 1 saturated heterocycles. The Morgan fingerprint density at radius 2 is 1.80 bits per heavy atom. The highest BCUT2D eigenvalue weighted by Crippen LogP contribution is 2.44. The second kappa shape index (κ2) is 5.86. The van der Waals surface area contributed by atoms with Crippen LogP contribution in [0, 0.1) is 0 Å². The zero-order valence-corrected chi connectivity index (χ0v) is 13.9. The van der Waals surface area contributed by atoms with Gasteiger partial charge in [-0.2, -0.15) is 0 Å². The predicted molar refractivity (Wildman–Crippen MR) is 90.3 cm³/mol. The first-order valence-electron chi connectivity index (χ1n) is 7.84. The second-order valence-corrected chi connectivity index (χ2v) is 5.83. The molecule has 0 radical (unpaired) electrons. The van der Waals surface area contributed by atoms with Crippen LogP contribution in [0.2, 0.25) is 0 Å². The molecule has 0 aliphatic carbocycles. The number of β-lactam (4-membered cyclic amide) rings is 1. The van der Waals surface area contributed by atoms with Crippen molar-refractivity contribution in [2.75, 3.05) is 25.9 Å². The Bertz CT molecular complexity index is 838. The number of hydrogen-bond acceptors (Lipinski definition) is 6. The monoisotopic (exact) mass is 342 g/mol. The molecular weight excluding hydrogens is 324 g/mol. The smallest absolute Gasteiger partial charge is 0.247 e. The Balaban J connectivity index is 1.70. The molecule has 130 valence electrons. The van der Waals surface area contributed by atoms with Crippen molar-refractivity contribution in [2.24, 2.45) is 5.73 Å². The highest BCUT2D eigenvalue weighted by atomic mass is 16.7. The van der Waals surface area contributed by atoms with Gasteiger partial charge in [0.2, 0.25) is 12.7 Å². The van der Waals surface area contributed by atoms with E-state index in [0.717, 1.165) is 11.3 Å². The summed E-state index contributed by atoms with van der Waals surface area (Å²) in [4.78, 5) is 14.1. The molecule has 2 aromatic carbocycles. The number of anilines is 1. The third kappa shape index (κ3) is 2.35. The highest BCUT2D eigenvalue weighted by Gasteiger charge is 2.47. The molecule has 0 bridgehead atoms. The van der Waals surface area contributed by atoms with Crippen LogP contribution in [0.4, 0.5) is 5.69 Å².